The number of alkyl halides is 7. The summed E-state index contributed by atoms with van der Waals surface area (Å²) >= 11 is 2.09. The zero-order valence-electron chi connectivity index (χ0n) is 27.9. The minimum Gasteiger partial charge on any atom is -0.479 e. The first-order valence-corrected chi connectivity index (χ1v) is 17.5. The molecule has 1 fully saturated rings. The number of ether oxygens (including phenoxy) is 3. The first-order valence-electron chi connectivity index (χ1n) is 16.0. The van der Waals surface area contributed by atoms with Gasteiger partial charge in [0, 0.05) is 22.2 Å². The average Bonchev–Trinajstić information content (AvgIpc) is 3.66. The molecule has 278 valence electrons. The first-order chi connectivity index (χ1) is 24.1. The van der Waals surface area contributed by atoms with Crippen molar-refractivity contribution in [3.05, 3.63) is 82.6 Å². The van der Waals surface area contributed by atoms with E-state index in [9.17, 15) is 31.1 Å². The molecule has 16 heteroatoms. The van der Waals surface area contributed by atoms with Gasteiger partial charge in [0.05, 0.1) is 42.2 Å². The fourth-order valence-electron chi connectivity index (χ4n) is 5.39. The average molecular weight is 839 g/mol. The molecule has 9 nitrogen and oxygen atoms in total. The molecule has 0 radical (unpaired) electrons. The van der Waals surface area contributed by atoms with Crippen LogP contribution in [0, 0.1) is 13.8 Å². The maximum atomic E-state index is 13.3. The third-order valence-corrected chi connectivity index (χ3v) is 8.72. The predicted molar refractivity (Wildman–Crippen MR) is 181 cm³/mol. The van der Waals surface area contributed by atoms with Crippen molar-refractivity contribution in [1.29, 1.82) is 0 Å². The normalized spacial score (nSPS) is 17.1. The van der Waals surface area contributed by atoms with Gasteiger partial charge in [-0.15, -0.1) is 0 Å². The molecule has 4 aromatic rings. The summed E-state index contributed by atoms with van der Waals surface area (Å²) < 4.78 is 107. The van der Waals surface area contributed by atoms with Gasteiger partial charge >= 0.3 is 18.3 Å². The summed E-state index contributed by atoms with van der Waals surface area (Å²) in [6.07, 6.45) is -7.21. The number of carboxylic acid groups (broad SMARTS) is 1. The van der Waals surface area contributed by atoms with Crippen LogP contribution in [0.4, 0.5) is 26.3 Å². The standard InChI is InChI=1S/C23H28F3NO6.C12H9F3INO/c1-3-30-20(22(28)29)13-32-16-8-6-7-15(11-16)31-12-19-14(2)33-21(27-19)17-9-4-5-10-18(17)23(24,25)26;1-7-10(6-16)17-11(18-7)8-4-2-3-5-9(8)12(13,14)15/h4-5,9-10,15-16,20H,3,6-8,11-13H2,1-2H3,(H,28,29);2-5H,6H2,1H3/t15-,16+,20?;/m0./s1. The molecule has 1 aliphatic rings. The number of rotatable bonds is 12. The Morgan fingerprint density at radius 2 is 1.35 bits per heavy atom. The van der Waals surface area contributed by atoms with Crippen molar-refractivity contribution in [2.45, 2.75) is 88.2 Å². The third-order valence-electron chi connectivity index (χ3n) is 8.00. The quantitative estimate of drug-likeness (QED) is 0.0846. The van der Waals surface area contributed by atoms with E-state index in [0.29, 0.717) is 33.8 Å². The van der Waals surface area contributed by atoms with Crippen LogP contribution < -0.4 is 0 Å². The van der Waals surface area contributed by atoms with Crippen molar-refractivity contribution >= 4 is 28.6 Å². The van der Waals surface area contributed by atoms with Crippen LogP contribution in [0.15, 0.2) is 57.4 Å². The SMILES string of the molecule is CCOC(CO[C@@H]1CCC[C@H](OCc2nc(-c3ccccc3C(F)(F)F)oc2C)C1)C(=O)O.Cc1oc(-c2ccccc2C(F)(F)F)nc1CI. The second kappa shape index (κ2) is 17.8. The van der Waals surface area contributed by atoms with Crippen LogP contribution in [0.3, 0.4) is 0 Å². The molecule has 1 saturated carbocycles. The lowest BCUT2D eigenvalue weighted by Gasteiger charge is -2.29. The van der Waals surface area contributed by atoms with Crippen molar-refractivity contribution in [2.24, 2.45) is 0 Å². The van der Waals surface area contributed by atoms with Crippen molar-refractivity contribution in [1.82, 2.24) is 9.97 Å². The van der Waals surface area contributed by atoms with E-state index in [0.717, 1.165) is 31.4 Å². The van der Waals surface area contributed by atoms with Gasteiger partial charge in [-0.25, -0.2) is 14.8 Å². The van der Waals surface area contributed by atoms with Crippen LogP contribution in [-0.4, -0.2) is 52.6 Å². The second-order valence-corrected chi connectivity index (χ2v) is 12.4. The van der Waals surface area contributed by atoms with Gasteiger partial charge in [0.15, 0.2) is 6.10 Å². The van der Waals surface area contributed by atoms with Gasteiger partial charge in [-0.1, -0.05) is 46.9 Å². The first kappa shape index (κ1) is 40.3. The van der Waals surface area contributed by atoms with Gasteiger partial charge in [-0.05, 0) is 70.7 Å². The molecule has 0 amide bonds. The van der Waals surface area contributed by atoms with E-state index in [1.54, 1.807) is 20.8 Å². The lowest BCUT2D eigenvalue weighted by atomic mass is 9.95. The zero-order chi connectivity index (χ0) is 37.3. The Morgan fingerprint density at radius 3 is 1.82 bits per heavy atom. The zero-order valence-corrected chi connectivity index (χ0v) is 30.1. The molecule has 2 heterocycles. The van der Waals surface area contributed by atoms with E-state index in [1.165, 1.54) is 36.4 Å². The van der Waals surface area contributed by atoms with E-state index in [2.05, 4.69) is 32.6 Å². The number of hydrogen-bond donors (Lipinski definition) is 1. The van der Waals surface area contributed by atoms with E-state index in [-0.39, 0.29) is 54.9 Å². The Bertz CT molecular complexity index is 1740. The smallest absolute Gasteiger partial charge is 0.417 e. The van der Waals surface area contributed by atoms with E-state index < -0.39 is 35.6 Å². The number of aliphatic carboxylic acids is 1. The highest BCUT2D eigenvalue weighted by atomic mass is 127. The van der Waals surface area contributed by atoms with E-state index >= 15 is 0 Å². The number of halogens is 7. The number of benzene rings is 2. The third kappa shape index (κ3) is 11.0. The van der Waals surface area contributed by atoms with Gasteiger partial charge in [0.1, 0.15) is 17.2 Å². The molecule has 2 aromatic carbocycles. The summed E-state index contributed by atoms with van der Waals surface area (Å²) in [4.78, 5) is 19.5. The molecule has 0 bridgehead atoms. The Balaban J connectivity index is 0.000000272. The Labute approximate surface area is 303 Å². The number of carbonyl (C=O) groups is 1. The van der Waals surface area contributed by atoms with Gasteiger partial charge in [-0.3, -0.25) is 0 Å². The van der Waals surface area contributed by atoms with Crippen LogP contribution in [-0.2, 0) is 42.4 Å². The van der Waals surface area contributed by atoms with Gasteiger partial charge in [0.25, 0.3) is 0 Å². The molecular formula is C35H37F6IN2O7. The van der Waals surface area contributed by atoms with Crippen molar-refractivity contribution in [3.8, 4) is 22.9 Å². The van der Waals surface area contributed by atoms with Gasteiger partial charge in [0.2, 0.25) is 11.8 Å². The molecule has 51 heavy (non-hydrogen) atoms. The summed E-state index contributed by atoms with van der Waals surface area (Å²) in [5, 5.41) is 9.16. The Kier molecular flexibility index (Phi) is 14.1. The van der Waals surface area contributed by atoms with Crippen LogP contribution in [0.1, 0.15) is 66.6 Å². The number of oxazole rings is 2. The van der Waals surface area contributed by atoms with Gasteiger partial charge in [-0.2, -0.15) is 26.3 Å². The molecule has 1 aliphatic carbocycles. The highest BCUT2D eigenvalue weighted by molar-refractivity contribution is 14.1. The molecule has 1 unspecified atom stereocenters. The fourth-order valence-corrected chi connectivity index (χ4v) is 6.10. The molecule has 0 aliphatic heterocycles. The maximum absolute atomic E-state index is 13.3. The monoisotopic (exact) mass is 838 g/mol. The molecule has 0 spiro atoms. The van der Waals surface area contributed by atoms with Crippen LogP contribution >= 0.6 is 22.6 Å². The van der Waals surface area contributed by atoms with Crippen LogP contribution in [0.2, 0.25) is 0 Å². The summed E-state index contributed by atoms with van der Waals surface area (Å²) in [6, 6.07) is 10.4. The van der Waals surface area contributed by atoms with Crippen molar-refractivity contribution in [2.75, 3.05) is 13.2 Å². The number of carboxylic acids is 1. The molecule has 3 atom stereocenters. The fraction of sp³-hybridized carbons (Fsp3) is 0.457. The Morgan fingerprint density at radius 1 is 0.863 bits per heavy atom. The summed E-state index contributed by atoms with van der Waals surface area (Å²) in [7, 11) is 0. The number of aryl methyl sites for hydroxylation is 2. The minimum absolute atomic E-state index is 0.0205. The van der Waals surface area contributed by atoms with Crippen LogP contribution in [0.25, 0.3) is 22.9 Å². The second-order valence-electron chi connectivity index (χ2n) is 11.6. The Hall–Kier alpha value is -3.48. The molecular weight excluding hydrogens is 801 g/mol. The highest BCUT2D eigenvalue weighted by Gasteiger charge is 2.36. The van der Waals surface area contributed by atoms with E-state index in [4.69, 9.17) is 28.2 Å². The summed E-state index contributed by atoms with van der Waals surface area (Å²) in [6.45, 7) is 5.39. The lowest BCUT2D eigenvalue weighted by molar-refractivity contribution is -0.157. The molecule has 0 saturated heterocycles. The van der Waals surface area contributed by atoms with Crippen LogP contribution in [0.5, 0.6) is 0 Å². The summed E-state index contributed by atoms with van der Waals surface area (Å²) in [5.41, 5.74) is -0.573. The van der Waals surface area contributed by atoms with Crippen molar-refractivity contribution in [3.63, 3.8) is 0 Å². The maximum Gasteiger partial charge on any atom is 0.417 e. The molecule has 5 rings (SSSR count). The number of hydrogen-bond acceptors (Lipinski definition) is 8. The minimum atomic E-state index is -4.52. The largest absolute Gasteiger partial charge is 0.479 e. The molecule has 2 aromatic heterocycles. The molecule has 1 N–H and O–H groups in total. The predicted octanol–water partition coefficient (Wildman–Crippen LogP) is 9.61. The van der Waals surface area contributed by atoms with Crippen molar-refractivity contribution < 1.29 is 59.3 Å². The number of nitrogens with zero attached hydrogens (tertiary/aromatic N) is 2. The highest BCUT2D eigenvalue weighted by Crippen LogP contribution is 2.38. The summed E-state index contributed by atoms with van der Waals surface area (Å²) in [5.74, 6) is -0.195. The van der Waals surface area contributed by atoms with E-state index in [1.807, 2.05) is 0 Å². The van der Waals surface area contributed by atoms with Gasteiger partial charge < -0.3 is 28.2 Å². The lowest BCUT2D eigenvalue weighted by Crippen LogP contribution is -2.34. The topological polar surface area (TPSA) is 117 Å². The number of aromatic nitrogens is 2.